The summed E-state index contributed by atoms with van der Waals surface area (Å²) in [6.07, 6.45) is 3.57. The van der Waals surface area contributed by atoms with Crippen molar-refractivity contribution in [3.8, 4) is 5.75 Å². The van der Waals surface area contributed by atoms with Gasteiger partial charge in [0.15, 0.2) is 11.6 Å². The van der Waals surface area contributed by atoms with Crippen LogP contribution in [0, 0.1) is 17.8 Å². The Hall–Kier alpha value is -4.11. The van der Waals surface area contributed by atoms with Gasteiger partial charge in [-0.05, 0) is 70.6 Å². The number of anilines is 1. The Bertz CT molecular complexity index is 1570. The van der Waals surface area contributed by atoms with Crippen molar-refractivity contribution < 1.29 is 34.2 Å². The number of imide groups is 1. The Morgan fingerprint density at radius 3 is 2.42 bits per heavy atom. The minimum Gasteiger partial charge on any atom is -0.508 e. The van der Waals surface area contributed by atoms with Crippen LogP contribution in [0.3, 0.4) is 0 Å². The summed E-state index contributed by atoms with van der Waals surface area (Å²) < 4.78 is 0.145. The third kappa shape index (κ3) is 3.53. The van der Waals surface area contributed by atoms with Gasteiger partial charge >= 0.3 is 5.97 Å². The SMILES string of the molecule is O=C1C=C(Br)C(=O)C2=C1C(c1ccc(O)cc1)C1=CCC3C(=O)N(c4cccc(C(=O)O)c4)C(=O)C3C1C2. The number of phenols is 1. The van der Waals surface area contributed by atoms with Gasteiger partial charge in [-0.25, -0.2) is 4.79 Å². The molecule has 0 aromatic heterocycles. The normalized spacial score (nSPS) is 26.5. The fourth-order valence-electron chi connectivity index (χ4n) is 6.29. The predicted octanol–water partition coefficient (Wildman–Crippen LogP) is 4.06. The van der Waals surface area contributed by atoms with E-state index in [0.717, 1.165) is 10.5 Å². The van der Waals surface area contributed by atoms with Crippen molar-refractivity contribution in [2.24, 2.45) is 17.8 Å². The number of allylic oxidation sites excluding steroid dienone is 6. The number of hydrogen-bond acceptors (Lipinski definition) is 6. The molecule has 2 aromatic rings. The van der Waals surface area contributed by atoms with E-state index in [-0.39, 0.29) is 45.9 Å². The molecule has 0 radical (unpaired) electrons. The van der Waals surface area contributed by atoms with Crippen molar-refractivity contribution in [3.05, 3.63) is 93.0 Å². The molecule has 4 aliphatic rings. The molecule has 1 saturated heterocycles. The number of amides is 2. The number of ketones is 2. The van der Waals surface area contributed by atoms with Crippen molar-refractivity contribution >= 4 is 51.0 Å². The molecule has 190 valence electrons. The monoisotopic (exact) mass is 573 g/mol. The van der Waals surface area contributed by atoms with Crippen LogP contribution in [-0.2, 0) is 19.2 Å². The molecule has 1 heterocycles. The highest BCUT2D eigenvalue weighted by molar-refractivity contribution is 9.12. The second-order valence-corrected chi connectivity index (χ2v) is 10.7. The molecule has 4 unspecified atom stereocenters. The van der Waals surface area contributed by atoms with Gasteiger partial charge in [-0.3, -0.25) is 24.1 Å². The van der Waals surface area contributed by atoms with Crippen LogP contribution in [0.25, 0.3) is 0 Å². The van der Waals surface area contributed by atoms with E-state index >= 15 is 0 Å². The molecular weight excluding hydrogens is 554 g/mol. The Balaban J connectivity index is 1.47. The molecule has 2 aromatic carbocycles. The fourth-order valence-corrected chi connectivity index (χ4v) is 6.73. The summed E-state index contributed by atoms with van der Waals surface area (Å²) in [5.41, 5.74) is 2.31. The van der Waals surface area contributed by atoms with Gasteiger partial charge in [0.1, 0.15) is 5.75 Å². The standard InChI is InChI=1S/C29H20BrNO7/c30-21-12-22(33)25-20(26(21)34)11-19-17(23(25)13-4-6-16(32)7-5-13)8-9-18-24(19)28(36)31(27(18)35)15-3-1-2-14(10-15)29(37)38/h1-8,10,12,18-19,23-24,32H,9,11H2,(H,37,38). The van der Waals surface area contributed by atoms with Gasteiger partial charge in [0, 0.05) is 23.1 Å². The van der Waals surface area contributed by atoms with Crippen molar-refractivity contribution in [3.63, 3.8) is 0 Å². The first-order valence-corrected chi connectivity index (χ1v) is 12.9. The summed E-state index contributed by atoms with van der Waals surface area (Å²) in [5, 5.41) is 19.2. The summed E-state index contributed by atoms with van der Waals surface area (Å²) in [7, 11) is 0. The zero-order valence-electron chi connectivity index (χ0n) is 19.8. The summed E-state index contributed by atoms with van der Waals surface area (Å²) in [5.74, 6) is -5.15. The van der Waals surface area contributed by atoms with Crippen molar-refractivity contribution in [2.75, 3.05) is 4.90 Å². The Kier molecular flexibility index (Phi) is 5.57. The predicted molar refractivity (Wildman–Crippen MR) is 139 cm³/mol. The number of aromatic carboxylic acids is 1. The molecule has 38 heavy (non-hydrogen) atoms. The number of carboxylic acids is 1. The zero-order chi connectivity index (χ0) is 26.9. The van der Waals surface area contributed by atoms with Crippen LogP contribution in [0.4, 0.5) is 5.69 Å². The van der Waals surface area contributed by atoms with Crippen LogP contribution in [0.5, 0.6) is 5.75 Å². The molecule has 9 heteroatoms. The first-order chi connectivity index (χ1) is 18.2. The maximum atomic E-state index is 13.9. The Morgan fingerprint density at radius 2 is 1.71 bits per heavy atom. The van der Waals surface area contributed by atoms with Crippen molar-refractivity contribution in [2.45, 2.75) is 18.8 Å². The molecule has 3 aliphatic carbocycles. The molecule has 8 nitrogen and oxygen atoms in total. The van der Waals surface area contributed by atoms with Crippen molar-refractivity contribution in [1.82, 2.24) is 0 Å². The van der Waals surface area contributed by atoms with E-state index in [9.17, 15) is 34.2 Å². The molecule has 4 atom stereocenters. The van der Waals surface area contributed by atoms with Crippen molar-refractivity contribution in [1.29, 1.82) is 0 Å². The van der Waals surface area contributed by atoms with E-state index in [1.807, 2.05) is 6.08 Å². The Morgan fingerprint density at radius 1 is 0.974 bits per heavy atom. The molecule has 1 aliphatic heterocycles. The highest BCUT2D eigenvalue weighted by Crippen LogP contribution is 2.55. The maximum Gasteiger partial charge on any atom is 0.335 e. The average Bonchev–Trinajstić information content (AvgIpc) is 3.16. The number of benzene rings is 2. The van der Waals surface area contributed by atoms with Crippen LogP contribution < -0.4 is 4.90 Å². The number of halogens is 1. The quantitative estimate of drug-likeness (QED) is 0.322. The summed E-state index contributed by atoms with van der Waals surface area (Å²) in [6, 6.07) is 12.1. The lowest BCUT2D eigenvalue weighted by Crippen LogP contribution is -2.39. The minimum atomic E-state index is -1.17. The van der Waals surface area contributed by atoms with E-state index in [1.54, 1.807) is 12.1 Å². The lowest BCUT2D eigenvalue weighted by atomic mass is 9.59. The minimum absolute atomic E-state index is 0.0420. The molecule has 2 amide bonds. The maximum absolute atomic E-state index is 13.9. The number of Topliss-reactive ketones (excluding diaryl/α,β-unsaturated/α-hetero) is 1. The highest BCUT2D eigenvalue weighted by Gasteiger charge is 2.56. The number of carboxylic acid groups (broad SMARTS) is 1. The van der Waals surface area contributed by atoms with Gasteiger partial charge in [0.05, 0.1) is 27.6 Å². The number of aromatic hydroxyl groups is 1. The lowest BCUT2D eigenvalue weighted by molar-refractivity contribution is -0.123. The largest absolute Gasteiger partial charge is 0.508 e. The van der Waals surface area contributed by atoms with Gasteiger partial charge in [-0.2, -0.15) is 0 Å². The van der Waals surface area contributed by atoms with E-state index in [4.69, 9.17) is 0 Å². The summed E-state index contributed by atoms with van der Waals surface area (Å²) in [4.78, 5) is 66.3. The van der Waals surface area contributed by atoms with E-state index in [2.05, 4.69) is 15.9 Å². The van der Waals surface area contributed by atoms with E-state index in [1.165, 1.54) is 42.5 Å². The summed E-state index contributed by atoms with van der Waals surface area (Å²) in [6.45, 7) is 0. The molecule has 2 N–H and O–H groups in total. The first-order valence-electron chi connectivity index (χ1n) is 12.1. The van der Waals surface area contributed by atoms with E-state index in [0.29, 0.717) is 16.7 Å². The first kappa shape index (κ1) is 24.2. The molecular formula is C29H20BrNO7. The molecule has 6 rings (SSSR count). The molecule has 0 saturated carbocycles. The highest BCUT2D eigenvalue weighted by atomic mass is 79.9. The topological polar surface area (TPSA) is 129 Å². The summed E-state index contributed by atoms with van der Waals surface area (Å²) >= 11 is 3.20. The molecule has 1 fully saturated rings. The number of carbonyl (C=O) groups is 5. The fraction of sp³-hybridized carbons (Fsp3) is 0.207. The van der Waals surface area contributed by atoms with Crippen LogP contribution in [0.1, 0.15) is 34.7 Å². The van der Waals surface area contributed by atoms with Gasteiger partial charge in [0.25, 0.3) is 0 Å². The van der Waals surface area contributed by atoms with Crippen LogP contribution in [0.15, 0.2) is 81.9 Å². The third-order valence-corrected chi connectivity index (χ3v) is 8.50. The van der Waals surface area contributed by atoms with Gasteiger partial charge < -0.3 is 10.2 Å². The number of nitrogens with zero attached hydrogens (tertiary/aromatic N) is 1. The third-order valence-electron chi connectivity index (χ3n) is 7.91. The van der Waals surface area contributed by atoms with Crippen LogP contribution >= 0.6 is 15.9 Å². The Labute approximate surface area is 225 Å². The smallest absolute Gasteiger partial charge is 0.335 e. The van der Waals surface area contributed by atoms with Gasteiger partial charge in [-0.1, -0.05) is 29.8 Å². The number of fused-ring (bicyclic) bond motifs is 3. The second kappa shape index (κ2) is 8.73. The van der Waals surface area contributed by atoms with Crippen LogP contribution in [0.2, 0.25) is 0 Å². The lowest BCUT2D eigenvalue weighted by Gasteiger charge is -2.42. The van der Waals surface area contributed by atoms with E-state index < -0.39 is 41.5 Å². The number of hydrogen-bond donors (Lipinski definition) is 2. The number of phenolic OH excluding ortho intramolecular Hbond substituents is 1. The van der Waals surface area contributed by atoms with Crippen LogP contribution in [-0.4, -0.2) is 39.6 Å². The second-order valence-electron chi connectivity index (χ2n) is 9.85. The molecule has 0 bridgehead atoms. The number of rotatable bonds is 3. The van der Waals surface area contributed by atoms with Gasteiger partial charge in [-0.15, -0.1) is 0 Å². The number of carbonyl (C=O) groups excluding carboxylic acids is 4. The van der Waals surface area contributed by atoms with Gasteiger partial charge in [0.2, 0.25) is 11.8 Å². The zero-order valence-corrected chi connectivity index (χ0v) is 21.3. The average molecular weight is 574 g/mol. The molecule has 0 spiro atoms.